The maximum absolute atomic E-state index is 9.97. The van der Waals surface area contributed by atoms with Gasteiger partial charge in [0.1, 0.15) is 6.10 Å². The minimum atomic E-state index is 0.0265. The molecule has 0 amide bonds. The quantitative estimate of drug-likeness (QED) is 0.547. The second-order valence-corrected chi connectivity index (χ2v) is 2.77. The van der Waals surface area contributed by atoms with E-state index < -0.39 is 0 Å². The number of hydrogen-bond acceptors (Lipinski definition) is 2. The maximum atomic E-state index is 9.97. The molecule has 0 aliphatic rings. The lowest BCUT2D eigenvalue weighted by molar-refractivity contribution is 0.167. The first-order valence-electron chi connectivity index (χ1n) is 4.49. The lowest BCUT2D eigenvalue weighted by atomic mass is 10.1. The van der Waals surface area contributed by atoms with Crippen LogP contribution in [0.2, 0.25) is 0 Å². The number of carbonyl (C=O) groups excluding carboxylic acids is 1. The van der Waals surface area contributed by atoms with Gasteiger partial charge in [0.2, 0.25) is 0 Å². The first-order valence-corrected chi connectivity index (χ1v) is 4.49. The van der Waals surface area contributed by atoms with Gasteiger partial charge in [-0.1, -0.05) is 31.9 Å². The van der Waals surface area contributed by atoms with E-state index in [9.17, 15) is 4.79 Å². The van der Waals surface area contributed by atoms with Crippen molar-refractivity contribution in [3.63, 3.8) is 0 Å². The monoisotopic (exact) mass is 169 g/mol. The molecule has 0 aromatic carbocycles. The smallest absolute Gasteiger partial charge is 0.417 e. The molecule has 0 aromatic heterocycles. The summed E-state index contributed by atoms with van der Waals surface area (Å²) in [4.78, 5) is 9.97. The van der Waals surface area contributed by atoms with Gasteiger partial charge < -0.3 is 4.74 Å². The summed E-state index contributed by atoms with van der Waals surface area (Å²) in [6.45, 7) is 5.58. The molecule has 0 fully saturated rings. The van der Waals surface area contributed by atoms with Crippen molar-refractivity contribution in [2.24, 2.45) is 0 Å². The molecular formula is C10H17O2. The highest BCUT2D eigenvalue weighted by atomic mass is 16.5. The van der Waals surface area contributed by atoms with E-state index in [2.05, 4.69) is 6.92 Å². The van der Waals surface area contributed by atoms with E-state index in [1.165, 1.54) is 6.47 Å². The third-order valence-corrected chi connectivity index (χ3v) is 1.73. The number of allylic oxidation sites excluding steroid dienone is 1. The summed E-state index contributed by atoms with van der Waals surface area (Å²) in [6.07, 6.45) is 7.99. The minimum Gasteiger partial charge on any atom is -0.454 e. The van der Waals surface area contributed by atoms with Crippen LogP contribution in [0.25, 0.3) is 0 Å². The zero-order valence-electron chi connectivity index (χ0n) is 7.88. The highest BCUT2D eigenvalue weighted by Gasteiger charge is 2.05. The highest BCUT2D eigenvalue weighted by molar-refractivity contribution is 5.38. The SMILES string of the molecule is C/C=C\CC(CCCC)O[C]=O. The summed E-state index contributed by atoms with van der Waals surface area (Å²) in [5, 5.41) is 0. The molecule has 0 aromatic rings. The largest absolute Gasteiger partial charge is 0.454 e. The zero-order valence-corrected chi connectivity index (χ0v) is 7.88. The van der Waals surface area contributed by atoms with Gasteiger partial charge in [-0.3, -0.25) is 0 Å². The fourth-order valence-corrected chi connectivity index (χ4v) is 1.01. The Labute approximate surface area is 74.6 Å². The summed E-state index contributed by atoms with van der Waals surface area (Å²) in [6, 6.07) is 0. The van der Waals surface area contributed by atoms with Gasteiger partial charge in [-0.2, -0.15) is 0 Å². The van der Waals surface area contributed by atoms with Crippen molar-refractivity contribution in [3.05, 3.63) is 12.2 Å². The first kappa shape index (κ1) is 11.2. The Morgan fingerprint density at radius 3 is 2.83 bits per heavy atom. The molecule has 2 heteroatoms. The van der Waals surface area contributed by atoms with Gasteiger partial charge in [-0.05, 0) is 13.3 Å². The van der Waals surface area contributed by atoms with Crippen LogP contribution >= 0.6 is 0 Å². The van der Waals surface area contributed by atoms with Gasteiger partial charge in [0.25, 0.3) is 0 Å². The molecule has 1 unspecified atom stereocenters. The molecule has 69 valence electrons. The molecule has 0 bridgehead atoms. The number of ether oxygens (including phenoxy) is 1. The van der Waals surface area contributed by atoms with Crippen molar-refractivity contribution in [2.75, 3.05) is 0 Å². The van der Waals surface area contributed by atoms with E-state index in [4.69, 9.17) is 4.74 Å². The Hall–Kier alpha value is -0.790. The Morgan fingerprint density at radius 2 is 2.33 bits per heavy atom. The van der Waals surface area contributed by atoms with Crippen molar-refractivity contribution >= 4 is 6.47 Å². The molecule has 0 aliphatic carbocycles. The Balaban J connectivity index is 3.60. The van der Waals surface area contributed by atoms with E-state index in [-0.39, 0.29) is 6.10 Å². The molecule has 12 heavy (non-hydrogen) atoms. The summed E-state index contributed by atoms with van der Waals surface area (Å²) >= 11 is 0. The topological polar surface area (TPSA) is 26.3 Å². The molecule has 0 aliphatic heterocycles. The minimum absolute atomic E-state index is 0.0265. The van der Waals surface area contributed by atoms with Gasteiger partial charge in [0.05, 0.1) is 0 Å². The summed E-state index contributed by atoms with van der Waals surface area (Å²) < 4.78 is 4.79. The lowest BCUT2D eigenvalue weighted by Crippen LogP contribution is -2.10. The second kappa shape index (κ2) is 8.31. The summed E-state index contributed by atoms with van der Waals surface area (Å²) in [5.74, 6) is 0. The van der Waals surface area contributed by atoms with Crippen molar-refractivity contribution in [2.45, 2.75) is 45.6 Å². The van der Waals surface area contributed by atoms with Crippen LogP contribution in [0.4, 0.5) is 0 Å². The Morgan fingerprint density at radius 1 is 1.58 bits per heavy atom. The van der Waals surface area contributed by atoms with Crippen LogP contribution in [-0.4, -0.2) is 12.6 Å². The van der Waals surface area contributed by atoms with E-state index in [0.717, 1.165) is 25.7 Å². The fraction of sp³-hybridized carbons (Fsp3) is 0.700. The van der Waals surface area contributed by atoms with Crippen molar-refractivity contribution in [1.29, 1.82) is 0 Å². The molecular weight excluding hydrogens is 152 g/mol. The van der Waals surface area contributed by atoms with E-state index in [1.54, 1.807) is 0 Å². The van der Waals surface area contributed by atoms with Gasteiger partial charge in [-0.15, -0.1) is 0 Å². The van der Waals surface area contributed by atoms with Crippen molar-refractivity contribution < 1.29 is 9.53 Å². The van der Waals surface area contributed by atoms with Crippen LogP contribution in [0.1, 0.15) is 39.5 Å². The van der Waals surface area contributed by atoms with Crippen molar-refractivity contribution in [1.82, 2.24) is 0 Å². The number of unbranched alkanes of at least 4 members (excludes halogenated alkanes) is 1. The van der Waals surface area contributed by atoms with Crippen LogP contribution in [0, 0.1) is 0 Å². The first-order chi connectivity index (χ1) is 5.85. The van der Waals surface area contributed by atoms with Crippen LogP contribution in [0.3, 0.4) is 0 Å². The molecule has 0 saturated carbocycles. The van der Waals surface area contributed by atoms with E-state index in [0.29, 0.717) is 0 Å². The molecule has 2 nitrogen and oxygen atoms in total. The lowest BCUT2D eigenvalue weighted by Gasteiger charge is -2.10. The summed E-state index contributed by atoms with van der Waals surface area (Å²) in [7, 11) is 0. The Kier molecular flexibility index (Phi) is 7.76. The van der Waals surface area contributed by atoms with Crippen LogP contribution < -0.4 is 0 Å². The van der Waals surface area contributed by atoms with E-state index >= 15 is 0 Å². The summed E-state index contributed by atoms with van der Waals surface area (Å²) in [5.41, 5.74) is 0. The fourth-order valence-electron chi connectivity index (χ4n) is 1.01. The molecule has 0 saturated heterocycles. The van der Waals surface area contributed by atoms with Gasteiger partial charge in [0.15, 0.2) is 0 Å². The second-order valence-electron chi connectivity index (χ2n) is 2.77. The maximum Gasteiger partial charge on any atom is 0.417 e. The van der Waals surface area contributed by atoms with Crippen LogP contribution in [0.5, 0.6) is 0 Å². The van der Waals surface area contributed by atoms with Gasteiger partial charge >= 0.3 is 6.47 Å². The predicted octanol–water partition coefficient (Wildman–Crippen LogP) is 2.60. The highest BCUT2D eigenvalue weighted by Crippen LogP contribution is 2.08. The van der Waals surface area contributed by atoms with E-state index in [1.807, 2.05) is 19.1 Å². The molecule has 0 rings (SSSR count). The van der Waals surface area contributed by atoms with Crippen LogP contribution in [-0.2, 0) is 9.53 Å². The molecule has 0 spiro atoms. The third kappa shape index (κ3) is 5.96. The van der Waals surface area contributed by atoms with Crippen molar-refractivity contribution in [3.8, 4) is 0 Å². The average molecular weight is 169 g/mol. The molecule has 1 atom stereocenters. The number of hydrogen-bond donors (Lipinski definition) is 0. The number of rotatable bonds is 7. The average Bonchev–Trinajstić information content (AvgIpc) is 2.10. The van der Waals surface area contributed by atoms with Gasteiger partial charge in [0, 0.05) is 6.42 Å². The molecule has 0 N–H and O–H groups in total. The molecule has 0 heterocycles. The Bertz CT molecular complexity index is 130. The van der Waals surface area contributed by atoms with Gasteiger partial charge in [-0.25, -0.2) is 4.79 Å². The van der Waals surface area contributed by atoms with Crippen LogP contribution in [0.15, 0.2) is 12.2 Å². The molecule has 1 radical (unpaired) electrons. The zero-order chi connectivity index (χ0) is 9.23. The third-order valence-electron chi connectivity index (χ3n) is 1.73. The predicted molar refractivity (Wildman–Crippen MR) is 49.5 cm³/mol. The normalized spacial score (nSPS) is 13.2. The standard InChI is InChI=1S/C10H17O2/c1-3-5-7-10(12-9-11)8-6-4-2/h3,5,10H,4,6-8H2,1-2H3/b5-3-.